The lowest BCUT2D eigenvalue weighted by atomic mass is 10.1. The first-order valence-corrected chi connectivity index (χ1v) is 11.6. The maximum Gasteiger partial charge on any atom is 0.0971 e. The normalized spacial score (nSPS) is 11.8. The summed E-state index contributed by atoms with van der Waals surface area (Å²) in [5, 5.41) is 3.81. The number of pyridine rings is 1. The minimum absolute atomic E-state index is 1.00. The summed E-state index contributed by atoms with van der Waals surface area (Å²) < 4.78 is 5.01. The van der Waals surface area contributed by atoms with Crippen molar-refractivity contribution in [2.75, 3.05) is 0 Å². The molecule has 0 spiro atoms. The Balaban J connectivity index is 1.69. The van der Waals surface area contributed by atoms with E-state index in [1.165, 1.54) is 31.1 Å². The van der Waals surface area contributed by atoms with E-state index in [2.05, 4.69) is 108 Å². The number of para-hydroxylation sites is 1. The standard InChI is InChI=1S/C29H18N2S/c1-3-9-19(10-4-1)23-16-17-24-28(30-23)22-15-18-26-27(21-13-7-8-14-25(21)32-26)29(22)31(24)20-11-5-2-6-12-20/h1-18H. The molecule has 4 aromatic carbocycles. The van der Waals surface area contributed by atoms with Gasteiger partial charge in [0.25, 0.3) is 0 Å². The lowest BCUT2D eigenvalue weighted by molar-refractivity contribution is 1.18. The van der Waals surface area contributed by atoms with Crippen molar-refractivity contribution in [3.63, 3.8) is 0 Å². The van der Waals surface area contributed by atoms with Crippen LogP contribution < -0.4 is 0 Å². The number of benzene rings is 4. The number of thiophene rings is 1. The van der Waals surface area contributed by atoms with Gasteiger partial charge >= 0.3 is 0 Å². The molecule has 7 rings (SSSR count). The number of rotatable bonds is 2. The molecule has 3 aromatic heterocycles. The summed E-state index contributed by atoms with van der Waals surface area (Å²) in [6, 6.07) is 38.6. The van der Waals surface area contributed by atoms with Gasteiger partial charge in [-0.2, -0.15) is 0 Å². The van der Waals surface area contributed by atoms with Crippen molar-refractivity contribution < 1.29 is 0 Å². The van der Waals surface area contributed by atoms with E-state index in [-0.39, 0.29) is 0 Å². The van der Waals surface area contributed by atoms with Gasteiger partial charge in [-0.25, -0.2) is 4.98 Å². The fourth-order valence-electron chi connectivity index (χ4n) is 4.79. The van der Waals surface area contributed by atoms with E-state index in [4.69, 9.17) is 4.98 Å². The molecule has 0 saturated carbocycles. The van der Waals surface area contributed by atoms with Gasteiger partial charge in [-0.15, -0.1) is 11.3 Å². The predicted molar refractivity (Wildman–Crippen MR) is 137 cm³/mol. The Morgan fingerprint density at radius 2 is 1.34 bits per heavy atom. The van der Waals surface area contributed by atoms with Crippen LogP contribution in [-0.4, -0.2) is 9.55 Å². The van der Waals surface area contributed by atoms with Crippen LogP contribution >= 0.6 is 11.3 Å². The van der Waals surface area contributed by atoms with Crippen LogP contribution in [0, 0.1) is 0 Å². The summed E-state index contributed by atoms with van der Waals surface area (Å²) >= 11 is 1.86. The van der Waals surface area contributed by atoms with Gasteiger partial charge < -0.3 is 4.57 Å². The fourth-order valence-corrected chi connectivity index (χ4v) is 5.90. The number of nitrogens with zero attached hydrogens (tertiary/aromatic N) is 2. The summed E-state index contributed by atoms with van der Waals surface area (Å²) in [6.45, 7) is 0. The first kappa shape index (κ1) is 17.7. The summed E-state index contributed by atoms with van der Waals surface area (Å²) in [7, 11) is 0. The van der Waals surface area contributed by atoms with E-state index in [0.717, 1.165) is 28.0 Å². The van der Waals surface area contributed by atoms with Gasteiger partial charge in [-0.3, -0.25) is 0 Å². The van der Waals surface area contributed by atoms with Gasteiger partial charge in [0.1, 0.15) is 0 Å². The quantitative estimate of drug-likeness (QED) is 0.272. The van der Waals surface area contributed by atoms with E-state index in [0.29, 0.717) is 0 Å². The van der Waals surface area contributed by atoms with E-state index in [1.807, 2.05) is 17.4 Å². The highest BCUT2D eigenvalue weighted by Gasteiger charge is 2.19. The molecule has 3 heterocycles. The second kappa shape index (κ2) is 6.78. The third kappa shape index (κ3) is 2.49. The van der Waals surface area contributed by atoms with Crippen LogP contribution in [0.1, 0.15) is 0 Å². The van der Waals surface area contributed by atoms with Crippen LogP contribution in [0.3, 0.4) is 0 Å². The average Bonchev–Trinajstić information content (AvgIpc) is 3.40. The van der Waals surface area contributed by atoms with E-state index in [9.17, 15) is 0 Å². The topological polar surface area (TPSA) is 17.8 Å². The third-order valence-electron chi connectivity index (χ3n) is 6.19. The fraction of sp³-hybridized carbons (Fsp3) is 0. The number of hydrogen-bond donors (Lipinski definition) is 0. The largest absolute Gasteiger partial charge is 0.307 e. The van der Waals surface area contributed by atoms with Crippen LogP contribution in [0.5, 0.6) is 0 Å². The number of aromatic nitrogens is 2. The summed E-state index contributed by atoms with van der Waals surface area (Å²) in [5.41, 5.74) is 6.71. The van der Waals surface area contributed by atoms with E-state index < -0.39 is 0 Å². The van der Waals surface area contributed by atoms with Gasteiger partial charge in [0.05, 0.1) is 22.2 Å². The molecule has 150 valence electrons. The lowest BCUT2D eigenvalue weighted by Gasteiger charge is -2.09. The minimum Gasteiger partial charge on any atom is -0.307 e. The first-order chi connectivity index (χ1) is 15.9. The molecular weight excluding hydrogens is 408 g/mol. The predicted octanol–water partition coefficient (Wildman–Crippen LogP) is 8.21. The van der Waals surface area contributed by atoms with Crippen molar-refractivity contribution in [1.82, 2.24) is 9.55 Å². The Morgan fingerprint density at radius 1 is 0.594 bits per heavy atom. The highest BCUT2D eigenvalue weighted by molar-refractivity contribution is 7.26. The molecule has 0 saturated heterocycles. The number of fused-ring (bicyclic) bond motifs is 7. The maximum atomic E-state index is 5.17. The van der Waals surface area contributed by atoms with Gasteiger partial charge in [0.2, 0.25) is 0 Å². The van der Waals surface area contributed by atoms with Gasteiger partial charge in [-0.05, 0) is 42.5 Å². The second-order valence-corrected chi connectivity index (χ2v) is 9.12. The van der Waals surface area contributed by atoms with Crippen molar-refractivity contribution in [2.45, 2.75) is 0 Å². The summed E-state index contributed by atoms with van der Waals surface area (Å²) in [6.07, 6.45) is 0. The molecule has 7 aromatic rings. The first-order valence-electron chi connectivity index (χ1n) is 10.7. The molecule has 0 bridgehead atoms. The smallest absolute Gasteiger partial charge is 0.0971 e. The van der Waals surface area contributed by atoms with Crippen molar-refractivity contribution in [1.29, 1.82) is 0 Å². The van der Waals surface area contributed by atoms with Crippen LogP contribution in [0.4, 0.5) is 0 Å². The van der Waals surface area contributed by atoms with Gasteiger partial charge in [0, 0.05) is 36.8 Å². The molecule has 0 unspecified atom stereocenters. The Hall–Kier alpha value is -3.95. The van der Waals surface area contributed by atoms with E-state index in [1.54, 1.807) is 0 Å². The van der Waals surface area contributed by atoms with Crippen LogP contribution in [0.25, 0.3) is 59.1 Å². The molecule has 2 nitrogen and oxygen atoms in total. The van der Waals surface area contributed by atoms with Crippen molar-refractivity contribution in [2.24, 2.45) is 0 Å². The summed E-state index contributed by atoms with van der Waals surface area (Å²) in [5.74, 6) is 0. The van der Waals surface area contributed by atoms with Crippen molar-refractivity contribution >= 4 is 53.4 Å². The zero-order valence-corrected chi connectivity index (χ0v) is 18.0. The molecule has 0 amide bonds. The average molecular weight is 427 g/mol. The van der Waals surface area contributed by atoms with E-state index >= 15 is 0 Å². The highest BCUT2D eigenvalue weighted by Crippen LogP contribution is 2.42. The SMILES string of the molecule is c1ccc(-c2ccc3c(n2)c2ccc4sc5ccccc5c4c2n3-c2ccccc2)cc1. The zero-order valence-electron chi connectivity index (χ0n) is 17.2. The van der Waals surface area contributed by atoms with Crippen molar-refractivity contribution in [3.8, 4) is 16.9 Å². The van der Waals surface area contributed by atoms with Gasteiger partial charge in [0.15, 0.2) is 0 Å². The molecule has 32 heavy (non-hydrogen) atoms. The Labute approximate surface area is 189 Å². The third-order valence-corrected chi connectivity index (χ3v) is 7.33. The van der Waals surface area contributed by atoms with Gasteiger partial charge in [-0.1, -0.05) is 66.7 Å². The molecule has 0 aliphatic heterocycles. The molecule has 0 aliphatic rings. The highest BCUT2D eigenvalue weighted by atomic mass is 32.1. The molecule has 0 radical (unpaired) electrons. The molecule has 0 fully saturated rings. The van der Waals surface area contributed by atoms with Crippen LogP contribution in [0.2, 0.25) is 0 Å². The molecule has 3 heteroatoms. The second-order valence-electron chi connectivity index (χ2n) is 8.03. The zero-order chi connectivity index (χ0) is 21.1. The Morgan fingerprint density at radius 3 is 2.19 bits per heavy atom. The minimum atomic E-state index is 1.00. The monoisotopic (exact) mass is 426 g/mol. The number of hydrogen-bond acceptors (Lipinski definition) is 2. The van der Waals surface area contributed by atoms with Crippen LogP contribution in [0.15, 0.2) is 109 Å². The molecule has 0 N–H and O–H groups in total. The van der Waals surface area contributed by atoms with Crippen molar-refractivity contribution in [3.05, 3.63) is 109 Å². The lowest BCUT2D eigenvalue weighted by Crippen LogP contribution is -1.94. The molecule has 0 aliphatic carbocycles. The van der Waals surface area contributed by atoms with Crippen LogP contribution in [-0.2, 0) is 0 Å². The summed E-state index contributed by atoms with van der Waals surface area (Å²) in [4.78, 5) is 5.17. The Kier molecular flexibility index (Phi) is 3.75. The maximum absolute atomic E-state index is 5.17. The molecular formula is C29H18N2S. The molecule has 0 atom stereocenters. The Bertz CT molecular complexity index is 1760.